The summed E-state index contributed by atoms with van der Waals surface area (Å²) in [4.78, 5) is 15.4. The van der Waals surface area contributed by atoms with Crippen LogP contribution in [0.25, 0.3) is 10.6 Å². The van der Waals surface area contributed by atoms with Crippen LogP contribution in [-0.2, 0) is 0 Å². The van der Waals surface area contributed by atoms with E-state index in [4.69, 9.17) is 9.52 Å². The van der Waals surface area contributed by atoms with Crippen molar-refractivity contribution in [3.63, 3.8) is 0 Å². The summed E-state index contributed by atoms with van der Waals surface area (Å²) in [6, 6.07) is 3.64. The topological polar surface area (TPSA) is 63.3 Å². The van der Waals surface area contributed by atoms with Crippen molar-refractivity contribution in [1.29, 1.82) is 0 Å². The average molecular weight is 209 g/mol. The highest BCUT2D eigenvalue weighted by atomic mass is 32.1. The zero-order valence-corrected chi connectivity index (χ0v) is 8.17. The van der Waals surface area contributed by atoms with Gasteiger partial charge in [0.15, 0.2) is 17.3 Å². The largest absolute Gasteiger partial charge is 0.476 e. The van der Waals surface area contributed by atoms with Crippen molar-refractivity contribution in [1.82, 2.24) is 4.98 Å². The molecule has 2 heterocycles. The molecule has 0 atom stereocenters. The van der Waals surface area contributed by atoms with Crippen LogP contribution >= 0.6 is 11.3 Å². The Kier molecular flexibility index (Phi) is 2.09. The van der Waals surface area contributed by atoms with E-state index in [-0.39, 0.29) is 5.69 Å². The molecule has 0 aromatic carbocycles. The molecule has 2 aromatic rings. The number of hydrogen-bond donors (Lipinski definition) is 1. The summed E-state index contributed by atoms with van der Waals surface area (Å²) in [7, 11) is 0. The summed E-state index contributed by atoms with van der Waals surface area (Å²) >= 11 is 1.42. The van der Waals surface area contributed by atoms with Crippen molar-refractivity contribution in [2.45, 2.75) is 6.92 Å². The Labute approximate surface area is 83.8 Å². The molecule has 0 aliphatic rings. The van der Waals surface area contributed by atoms with Crippen molar-refractivity contribution >= 4 is 17.3 Å². The van der Waals surface area contributed by atoms with Crippen molar-refractivity contribution in [2.75, 3.05) is 0 Å². The average Bonchev–Trinajstić information content (AvgIpc) is 2.70. The third-order valence-electron chi connectivity index (χ3n) is 1.68. The maximum Gasteiger partial charge on any atom is 0.358 e. The molecule has 0 fully saturated rings. The van der Waals surface area contributed by atoms with Gasteiger partial charge < -0.3 is 9.52 Å². The summed E-state index contributed by atoms with van der Waals surface area (Å²) in [6.45, 7) is 1.63. The molecule has 0 radical (unpaired) electrons. The number of oxazole rings is 1. The van der Waals surface area contributed by atoms with E-state index in [0.717, 1.165) is 4.88 Å². The third kappa shape index (κ3) is 1.42. The second kappa shape index (κ2) is 3.26. The number of carbonyl (C=O) groups is 1. The summed E-state index contributed by atoms with van der Waals surface area (Å²) in [5.74, 6) is -0.360. The van der Waals surface area contributed by atoms with E-state index >= 15 is 0 Å². The third-order valence-corrected chi connectivity index (χ3v) is 2.55. The number of thiophene rings is 1. The first-order valence-electron chi connectivity index (χ1n) is 3.93. The first kappa shape index (κ1) is 8.96. The van der Waals surface area contributed by atoms with Gasteiger partial charge >= 0.3 is 5.97 Å². The van der Waals surface area contributed by atoms with E-state index in [1.807, 2.05) is 11.4 Å². The Morgan fingerprint density at radius 2 is 2.43 bits per heavy atom. The summed E-state index contributed by atoms with van der Waals surface area (Å²) in [5.41, 5.74) is -0.0232. The normalized spacial score (nSPS) is 10.4. The molecule has 14 heavy (non-hydrogen) atoms. The summed E-state index contributed by atoms with van der Waals surface area (Å²) in [5, 5.41) is 10.7. The minimum absolute atomic E-state index is 0.0232. The fourth-order valence-corrected chi connectivity index (χ4v) is 1.85. The lowest BCUT2D eigenvalue weighted by Crippen LogP contribution is -1.98. The fraction of sp³-hybridized carbons (Fsp3) is 0.111. The minimum atomic E-state index is -1.06. The summed E-state index contributed by atoms with van der Waals surface area (Å²) in [6.07, 6.45) is 0. The molecule has 0 aliphatic heterocycles. The van der Waals surface area contributed by atoms with Crippen molar-refractivity contribution in [3.05, 3.63) is 29.1 Å². The highest BCUT2D eigenvalue weighted by molar-refractivity contribution is 7.13. The molecule has 0 bridgehead atoms. The Hall–Kier alpha value is -1.62. The van der Waals surface area contributed by atoms with Gasteiger partial charge in [-0.05, 0) is 11.4 Å². The van der Waals surface area contributed by atoms with Gasteiger partial charge in [0.1, 0.15) is 0 Å². The molecule has 5 heteroatoms. The van der Waals surface area contributed by atoms with Crippen LogP contribution in [0.1, 0.15) is 16.4 Å². The smallest absolute Gasteiger partial charge is 0.358 e. The van der Waals surface area contributed by atoms with Gasteiger partial charge in [0.25, 0.3) is 0 Å². The van der Waals surface area contributed by atoms with Crippen molar-refractivity contribution in [2.24, 2.45) is 0 Å². The van der Waals surface area contributed by atoms with Crippen molar-refractivity contribution in [3.8, 4) is 10.6 Å². The maximum atomic E-state index is 10.8. The zero-order chi connectivity index (χ0) is 10.1. The van der Waals surface area contributed by atoms with E-state index in [1.165, 1.54) is 11.3 Å². The van der Waals surface area contributed by atoms with Crippen LogP contribution in [0.5, 0.6) is 0 Å². The van der Waals surface area contributed by atoms with Crippen LogP contribution in [0.3, 0.4) is 0 Å². The Balaban J connectivity index is 2.58. The molecule has 0 saturated heterocycles. The zero-order valence-electron chi connectivity index (χ0n) is 7.35. The van der Waals surface area contributed by atoms with Crippen LogP contribution < -0.4 is 0 Å². The first-order valence-corrected chi connectivity index (χ1v) is 4.81. The first-order chi connectivity index (χ1) is 6.68. The number of hydrogen-bond acceptors (Lipinski definition) is 4. The predicted octanol–water partition coefficient (Wildman–Crippen LogP) is 2.41. The number of nitrogens with zero attached hydrogens (tertiary/aromatic N) is 1. The number of carboxylic acid groups (broad SMARTS) is 1. The van der Waals surface area contributed by atoms with Crippen LogP contribution in [-0.4, -0.2) is 16.1 Å². The van der Waals surface area contributed by atoms with Gasteiger partial charge in [0, 0.05) is 6.92 Å². The van der Waals surface area contributed by atoms with Crippen LogP contribution in [0.2, 0.25) is 0 Å². The molecule has 0 spiro atoms. The van der Waals surface area contributed by atoms with Gasteiger partial charge in [0.05, 0.1) is 4.88 Å². The van der Waals surface area contributed by atoms with E-state index in [9.17, 15) is 4.79 Å². The molecule has 2 rings (SSSR count). The van der Waals surface area contributed by atoms with E-state index in [2.05, 4.69) is 4.98 Å². The predicted molar refractivity (Wildman–Crippen MR) is 51.5 cm³/mol. The molecule has 1 N–H and O–H groups in total. The van der Waals surface area contributed by atoms with E-state index in [0.29, 0.717) is 11.7 Å². The molecule has 0 amide bonds. The van der Waals surface area contributed by atoms with Crippen LogP contribution in [0, 0.1) is 6.92 Å². The number of aromatic nitrogens is 1. The highest BCUT2D eigenvalue weighted by Gasteiger charge is 2.19. The monoisotopic (exact) mass is 209 g/mol. The van der Waals surface area contributed by atoms with E-state index < -0.39 is 5.97 Å². The summed E-state index contributed by atoms with van der Waals surface area (Å²) < 4.78 is 5.24. The van der Waals surface area contributed by atoms with Gasteiger partial charge in [-0.3, -0.25) is 0 Å². The van der Waals surface area contributed by atoms with Crippen LogP contribution in [0.4, 0.5) is 0 Å². The Morgan fingerprint density at radius 3 is 3.00 bits per heavy atom. The molecular weight excluding hydrogens is 202 g/mol. The number of carboxylic acids is 1. The molecule has 0 aliphatic carbocycles. The van der Waals surface area contributed by atoms with Gasteiger partial charge in [-0.25, -0.2) is 9.78 Å². The lowest BCUT2D eigenvalue weighted by Gasteiger charge is -1.91. The van der Waals surface area contributed by atoms with Gasteiger partial charge in [-0.15, -0.1) is 11.3 Å². The standard InChI is InChI=1S/C9H7NO3S/c1-5-10-7(9(11)12)8(13-5)6-3-2-4-14-6/h2-4H,1H3,(H,11,12). The SMILES string of the molecule is Cc1nc(C(=O)O)c(-c2cccs2)o1. The second-order valence-electron chi connectivity index (χ2n) is 2.69. The quantitative estimate of drug-likeness (QED) is 0.824. The van der Waals surface area contributed by atoms with Gasteiger partial charge in [0.2, 0.25) is 0 Å². The molecule has 2 aromatic heterocycles. The maximum absolute atomic E-state index is 10.8. The van der Waals surface area contributed by atoms with Gasteiger partial charge in [-0.2, -0.15) is 0 Å². The van der Waals surface area contributed by atoms with Crippen LogP contribution in [0.15, 0.2) is 21.9 Å². The lowest BCUT2D eigenvalue weighted by molar-refractivity contribution is 0.0691. The molecule has 0 unspecified atom stereocenters. The molecular formula is C9H7NO3S. The minimum Gasteiger partial charge on any atom is -0.476 e. The van der Waals surface area contributed by atoms with Gasteiger partial charge in [-0.1, -0.05) is 6.07 Å². The van der Waals surface area contributed by atoms with E-state index in [1.54, 1.807) is 13.0 Å². The molecule has 72 valence electrons. The lowest BCUT2D eigenvalue weighted by atomic mass is 10.3. The highest BCUT2D eigenvalue weighted by Crippen LogP contribution is 2.28. The molecule has 4 nitrogen and oxygen atoms in total. The number of aromatic carboxylic acids is 1. The number of rotatable bonds is 2. The van der Waals surface area contributed by atoms with Crippen molar-refractivity contribution < 1.29 is 14.3 Å². The Bertz CT molecular complexity index is 458. The number of aryl methyl sites for hydroxylation is 1. The fourth-order valence-electron chi connectivity index (χ4n) is 1.15. The second-order valence-corrected chi connectivity index (χ2v) is 3.64. The molecule has 0 saturated carbocycles. The Morgan fingerprint density at radius 1 is 1.64 bits per heavy atom.